The summed E-state index contributed by atoms with van der Waals surface area (Å²) >= 11 is 0. The van der Waals surface area contributed by atoms with E-state index in [1.165, 1.54) is 0 Å². The standard InChI is InChI=1S/C9H13N3O3/c1-6(7(5-10)9(11)15)12-4-2-3-8(13)14/h12H,2-4H2,1H3,(H2,11,15)(H,13,14). The number of primary amides is 1. The van der Waals surface area contributed by atoms with Gasteiger partial charge in [0.1, 0.15) is 11.6 Å². The van der Waals surface area contributed by atoms with Gasteiger partial charge in [-0.25, -0.2) is 0 Å². The Hall–Kier alpha value is -2.03. The average Bonchev–Trinajstić information content (AvgIpc) is 2.12. The van der Waals surface area contributed by atoms with Crippen molar-refractivity contribution in [1.29, 1.82) is 5.26 Å². The molecule has 6 nitrogen and oxygen atoms in total. The summed E-state index contributed by atoms with van der Waals surface area (Å²) in [5, 5.41) is 19.7. The molecule has 0 unspecified atom stereocenters. The first-order chi connectivity index (χ1) is 6.99. The van der Waals surface area contributed by atoms with Crippen molar-refractivity contribution in [3.05, 3.63) is 11.3 Å². The molecule has 0 aliphatic rings. The third-order valence-electron chi connectivity index (χ3n) is 1.69. The summed E-state index contributed by atoms with van der Waals surface area (Å²) < 4.78 is 0. The SMILES string of the molecule is CC(NCCCC(=O)O)=C(C#N)C(N)=O. The third-order valence-corrected chi connectivity index (χ3v) is 1.69. The molecule has 0 spiro atoms. The van der Waals surface area contributed by atoms with Gasteiger partial charge in [0.15, 0.2) is 0 Å². The number of nitrogens with zero attached hydrogens (tertiary/aromatic N) is 1. The number of hydrogen-bond donors (Lipinski definition) is 3. The van der Waals surface area contributed by atoms with E-state index in [4.69, 9.17) is 16.1 Å². The van der Waals surface area contributed by atoms with Crippen molar-refractivity contribution < 1.29 is 14.7 Å². The second-order valence-corrected chi connectivity index (χ2v) is 2.90. The summed E-state index contributed by atoms with van der Waals surface area (Å²) in [6.07, 6.45) is 0.461. The van der Waals surface area contributed by atoms with Crippen LogP contribution in [0.25, 0.3) is 0 Å². The molecule has 0 saturated heterocycles. The van der Waals surface area contributed by atoms with Gasteiger partial charge in [-0.15, -0.1) is 0 Å². The Morgan fingerprint density at radius 2 is 2.13 bits per heavy atom. The smallest absolute Gasteiger partial charge is 0.303 e. The number of allylic oxidation sites excluding steroid dienone is 1. The summed E-state index contributed by atoms with van der Waals surface area (Å²) in [5.74, 6) is -1.67. The van der Waals surface area contributed by atoms with Crippen molar-refractivity contribution in [2.24, 2.45) is 5.73 Å². The molecule has 6 heteroatoms. The van der Waals surface area contributed by atoms with Crippen LogP contribution >= 0.6 is 0 Å². The Balaban J connectivity index is 4.12. The number of carbonyl (C=O) groups is 2. The molecule has 0 aliphatic carbocycles. The predicted molar refractivity (Wildman–Crippen MR) is 52.4 cm³/mol. The molecule has 4 N–H and O–H groups in total. The highest BCUT2D eigenvalue weighted by molar-refractivity contribution is 5.96. The highest BCUT2D eigenvalue weighted by Crippen LogP contribution is 1.99. The summed E-state index contributed by atoms with van der Waals surface area (Å²) in [6.45, 7) is 1.93. The van der Waals surface area contributed by atoms with Crippen LogP contribution in [-0.4, -0.2) is 23.5 Å². The van der Waals surface area contributed by atoms with Crippen LogP contribution in [-0.2, 0) is 9.59 Å². The minimum Gasteiger partial charge on any atom is -0.481 e. The first-order valence-corrected chi connectivity index (χ1v) is 4.35. The number of nitrogens with two attached hydrogens (primary N) is 1. The van der Waals surface area contributed by atoms with E-state index in [0.29, 0.717) is 18.7 Å². The largest absolute Gasteiger partial charge is 0.481 e. The van der Waals surface area contributed by atoms with Crippen molar-refractivity contribution in [2.45, 2.75) is 19.8 Å². The predicted octanol–water partition coefficient (Wildman–Crippen LogP) is -0.276. The van der Waals surface area contributed by atoms with E-state index in [-0.39, 0.29) is 12.0 Å². The van der Waals surface area contributed by atoms with Crippen molar-refractivity contribution in [1.82, 2.24) is 5.32 Å². The molecule has 82 valence electrons. The number of nitriles is 1. The van der Waals surface area contributed by atoms with E-state index in [2.05, 4.69) is 5.32 Å². The van der Waals surface area contributed by atoms with Crippen LogP contribution < -0.4 is 11.1 Å². The molecule has 0 aromatic rings. The van der Waals surface area contributed by atoms with Crippen LogP contribution in [0.2, 0.25) is 0 Å². The molecular weight excluding hydrogens is 198 g/mol. The summed E-state index contributed by atoms with van der Waals surface area (Å²) in [6, 6.07) is 1.68. The average molecular weight is 211 g/mol. The summed E-state index contributed by atoms with van der Waals surface area (Å²) in [7, 11) is 0. The second kappa shape index (κ2) is 6.43. The zero-order valence-corrected chi connectivity index (χ0v) is 8.41. The Kier molecular flexibility index (Phi) is 5.56. The quantitative estimate of drug-likeness (QED) is 0.317. The van der Waals surface area contributed by atoms with E-state index in [9.17, 15) is 9.59 Å². The molecule has 0 rings (SSSR count). The number of rotatable bonds is 6. The van der Waals surface area contributed by atoms with Gasteiger partial charge in [-0.1, -0.05) is 0 Å². The highest BCUT2D eigenvalue weighted by atomic mass is 16.4. The Labute approximate surface area is 87.4 Å². The Bertz CT molecular complexity index is 328. The molecule has 1 amide bonds. The number of amides is 1. The van der Waals surface area contributed by atoms with Crippen LogP contribution in [0, 0.1) is 11.3 Å². The van der Waals surface area contributed by atoms with Crippen LogP contribution in [0.4, 0.5) is 0 Å². The molecule has 0 heterocycles. The zero-order chi connectivity index (χ0) is 11.8. The maximum Gasteiger partial charge on any atom is 0.303 e. The van der Waals surface area contributed by atoms with E-state index in [1.54, 1.807) is 13.0 Å². The van der Waals surface area contributed by atoms with Crippen molar-refractivity contribution in [2.75, 3.05) is 6.54 Å². The lowest BCUT2D eigenvalue weighted by Gasteiger charge is -2.06. The number of aliphatic carboxylic acids is 1. The van der Waals surface area contributed by atoms with Gasteiger partial charge in [-0.2, -0.15) is 5.26 Å². The Morgan fingerprint density at radius 3 is 2.53 bits per heavy atom. The monoisotopic (exact) mass is 211 g/mol. The van der Waals surface area contributed by atoms with E-state index in [0.717, 1.165) is 0 Å². The lowest BCUT2D eigenvalue weighted by atomic mass is 10.2. The fraction of sp³-hybridized carbons (Fsp3) is 0.444. The van der Waals surface area contributed by atoms with Crippen LogP contribution in [0.3, 0.4) is 0 Å². The van der Waals surface area contributed by atoms with E-state index >= 15 is 0 Å². The number of carboxylic acids is 1. The molecule has 0 aromatic heterocycles. The molecule has 0 saturated carbocycles. The van der Waals surface area contributed by atoms with Crippen LogP contribution in [0.1, 0.15) is 19.8 Å². The molecule has 0 aromatic carbocycles. The van der Waals surface area contributed by atoms with E-state index in [1.807, 2.05) is 0 Å². The minimum absolute atomic E-state index is 0.0404. The lowest BCUT2D eigenvalue weighted by Crippen LogP contribution is -2.21. The van der Waals surface area contributed by atoms with Gasteiger partial charge in [-0.3, -0.25) is 9.59 Å². The zero-order valence-electron chi connectivity index (χ0n) is 8.41. The van der Waals surface area contributed by atoms with Crippen LogP contribution in [0.5, 0.6) is 0 Å². The fourth-order valence-corrected chi connectivity index (χ4v) is 0.928. The van der Waals surface area contributed by atoms with Gasteiger partial charge in [-0.05, 0) is 13.3 Å². The van der Waals surface area contributed by atoms with Crippen molar-refractivity contribution in [3.63, 3.8) is 0 Å². The minimum atomic E-state index is -0.881. The third kappa shape index (κ3) is 5.31. The first kappa shape index (κ1) is 13.0. The molecule has 0 aliphatic heterocycles. The molecule has 0 radical (unpaired) electrons. The molecule has 15 heavy (non-hydrogen) atoms. The number of nitrogens with one attached hydrogen (secondary N) is 1. The topological polar surface area (TPSA) is 116 Å². The molecular formula is C9H13N3O3. The van der Waals surface area contributed by atoms with Crippen LogP contribution in [0.15, 0.2) is 11.3 Å². The number of carboxylic acid groups (broad SMARTS) is 1. The summed E-state index contributed by atoms with van der Waals surface area (Å²) in [5.41, 5.74) is 5.18. The second-order valence-electron chi connectivity index (χ2n) is 2.90. The van der Waals surface area contributed by atoms with E-state index < -0.39 is 11.9 Å². The Morgan fingerprint density at radius 1 is 1.53 bits per heavy atom. The van der Waals surface area contributed by atoms with Gasteiger partial charge < -0.3 is 16.2 Å². The van der Waals surface area contributed by atoms with Crippen molar-refractivity contribution >= 4 is 11.9 Å². The maximum atomic E-state index is 10.7. The van der Waals surface area contributed by atoms with Gasteiger partial charge in [0.2, 0.25) is 0 Å². The molecule has 0 bridgehead atoms. The maximum absolute atomic E-state index is 10.7. The number of carbonyl (C=O) groups excluding carboxylic acids is 1. The van der Waals surface area contributed by atoms with Crippen molar-refractivity contribution in [3.8, 4) is 6.07 Å². The molecule has 0 fully saturated rings. The van der Waals surface area contributed by atoms with Gasteiger partial charge in [0, 0.05) is 18.7 Å². The van der Waals surface area contributed by atoms with Gasteiger partial charge in [0.25, 0.3) is 5.91 Å². The summed E-state index contributed by atoms with van der Waals surface area (Å²) in [4.78, 5) is 20.9. The highest BCUT2D eigenvalue weighted by Gasteiger charge is 2.07. The van der Waals surface area contributed by atoms with Gasteiger partial charge >= 0.3 is 5.97 Å². The fourth-order valence-electron chi connectivity index (χ4n) is 0.928. The normalized spacial score (nSPS) is 11.2. The number of hydrogen-bond acceptors (Lipinski definition) is 4. The molecule has 0 atom stereocenters. The lowest BCUT2D eigenvalue weighted by molar-refractivity contribution is -0.137. The first-order valence-electron chi connectivity index (χ1n) is 4.35. The van der Waals surface area contributed by atoms with Gasteiger partial charge in [0.05, 0.1) is 0 Å².